The maximum atomic E-state index is 5.59. The Morgan fingerprint density at radius 2 is 2.29 bits per heavy atom. The minimum atomic E-state index is 0.602. The Labute approximate surface area is 82.5 Å². The van der Waals surface area contributed by atoms with E-state index in [9.17, 15) is 0 Å². The molecule has 72 valence electrons. The normalized spacial score (nSPS) is 16.4. The Balaban J connectivity index is 2.17. The van der Waals surface area contributed by atoms with Crippen molar-refractivity contribution in [1.82, 2.24) is 9.78 Å². The van der Waals surface area contributed by atoms with Crippen LogP contribution in [0.4, 0.5) is 0 Å². The van der Waals surface area contributed by atoms with Crippen molar-refractivity contribution < 1.29 is 0 Å². The number of hydrogen-bond acceptors (Lipinski definition) is 2. The molecule has 14 heavy (non-hydrogen) atoms. The summed E-state index contributed by atoms with van der Waals surface area (Å²) in [5.41, 5.74) is 8.01. The summed E-state index contributed by atoms with van der Waals surface area (Å²) in [5.74, 6) is 0. The van der Waals surface area contributed by atoms with E-state index in [0.717, 1.165) is 0 Å². The summed E-state index contributed by atoms with van der Waals surface area (Å²) < 4.78 is 2.13. The number of nitrogens with zero attached hydrogens (tertiary/aromatic N) is 2. The molecule has 0 saturated heterocycles. The third kappa shape index (κ3) is 1.13. The lowest BCUT2D eigenvalue weighted by molar-refractivity contribution is 0.665. The van der Waals surface area contributed by atoms with Crippen molar-refractivity contribution in [2.24, 2.45) is 5.73 Å². The van der Waals surface area contributed by atoms with Gasteiger partial charge in [0.05, 0.1) is 17.8 Å². The van der Waals surface area contributed by atoms with Crippen LogP contribution >= 0.6 is 0 Å². The first kappa shape index (κ1) is 8.00. The van der Waals surface area contributed by atoms with Crippen LogP contribution in [0, 0.1) is 0 Å². The van der Waals surface area contributed by atoms with E-state index in [1.165, 1.54) is 29.3 Å². The van der Waals surface area contributed by atoms with Crippen molar-refractivity contribution in [2.45, 2.75) is 25.4 Å². The van der Waals surface area contributed by atoms with Gasteiger partial charge in [0.2, 0.25) is 0 Å². The summed E-state index contributed by atoms with van der Waals surface area (Å²) in [7, 11) is 0. The summed E-state index contributed by atoms with van der Waals surface area (Å²) in [5, 5.41) is 5.62. The number of nitrogens with two attached hydrogens (primary N) is 1. The van der Waals surface area contributed by atoms with E-state index in [1.54, 1.807) is 0 Å². The number of hydrogen-bond donors (Lipinski definition) is 1. The fraction of sp³-hybridized carbons (Fsp3) is 0.364. The van der Waals surface area contributed by atoms with Gasteiger partial charge in [-0.25, -0.2) is 0 Å². The maximum absolute atomic E-state index is 5.59. The highest BCUT2D eigenvalue weighted by Gasteiger charge is 2.25. The van der Waals surface area contributed by atoms with Crippen LogP contribution in [0.25, 0.3) is 10.9 Å². The van der Waals surface area contributed by atoms with Crippen LogP contribution in [-0.4, -0.2) is 9.78 Å². The summed E-state index contributed by atoms with van der Waals surface area (Å²) in [6, 6.07) is 6.99. The highest BCUT2D eigenvalue weighted by Crippen LogP contribution is 2.36. The molecule has 3 nitrogen and oxygen atoms in total. The van der Waals surface area contributed by atoms with Crippen molar-refractivity contribution in [1.29, 1.82) is 0 Å². The van der Waals surface area contributed by atoms with E-state index in [-0.39, 0.29) is 0 Å². The molecule has 0 spiro atoms. The molecule has 0 amide bonds. The molecule has 0 radical (unpaired) electrons. The molecule has 1 aromatic heterocycles. The van der Waals surface area contributed by atoms with Gasteiger partial charge in [0.15, 0.2) is 0 Å². The summed E-state index contributed by atoms with van der Waals surface area (Å²) in [6.07, 6.45) is 4.48. The lowest BCUT2D eigenvalue weighted by atomic mass is 10.1. The predicted molar refractivity (Wildman–Crippen MR) is 55.9 cm³/mol. The number of aromatic nitrogens is 2. The van der Waals surface area contributed by atoms with Crippen molar-refractivity contribution in [2.75, 3.05) is 0 Å². The molecule has 0 unspecified atom stereocenters. The van der Waals surface area contributed by atoms with E-state index in [4.69, 9.17) is 5.73 Å². The highest BCUT2D eigenvalue weighted by atomic mass is 15.3. The molecule has 1 fully saturated rings. The van der Waals surface area contributed by atoms with Gasteiger partial charge in [-0.05, 0) is 30.5 Å². The Hall–Kier alpha value is -1.35. The average Bonchev–Trinajstić information content (AvgIpc) is 2.98. The second kappa shape index (κ2) is 2.82. The molecule has 1 aliphatic rings. The van der Waals surface area contributed by atoms with Gasteiger partial charge in [-0.1, -0.05) is 6.07 Å². The van der Waals surface area contributed by atoms with Gasteiger partial charge in [0, 0.05) is 11.9 Å². The monoisotopic (exact) mass is 187 g/mol. The SMILES string of the molecule is NCc1ccc2c(cnn2C2CC2)c1. The number of benzene rings is 1. The molecule has 0 aliphatic heterocycles. The van der Waals surface area contributed by atoms with Crippen molar-refractivity contribution in [3.63, 3.8) is 0 Å². The predicted octanol–water partition coefficient (Wildman–Crippen LogP) is 1.83. The zero-order valence-corrected chi connectivity index (χ0v) is 7.98. The third-order valence-corrected chi connectivity index (χ3v) is 2.79. The smallest absolute Gasteiger partial charge is 0.0685 e. The van der Waals surface area contributed by atoms with E-state index in [0.29, 0.717) is 12.6 Å². The van der Waals surface area contributed by atoms with Gasteiger partial charge in [0.25, 0.3) is 0 Å². The Morgan fingerprint density at radius 1 is 1.43 bits per heavy atom. The molecular formula is C11H13N3. The Morgan fingerprint density at radius 3 is 3.00 bits per heavy atom. The lowest BCUT2D eigenvalue weighted by Crippen LogP contribution is -1.97. The number of rotatable bonds is 2. The Kier molecular flexibility index (Phi) is 1.61. The molecule has 3 heteroatoms. The van der Waals surface area contributed by atoms with Gasteiger partial charge in [-0.15, -0.1) is 0 Å². The zero-order valence-electron chi connectivity index (χ0n) is 7.98. The first-order valence-corrected chi connectivity index (χ1v) is 5.05. The zero-order chi connectivity index (χ0) is 9.54. The van der Waals surface area contributed by atoms with Crippen LogP contribution in [0.3, 0.4) is 0 Å². The topological polar surface area (TPSA) is 43.8 Å². The molecule has 1 aliphatic carbocycles. The van der Waals surface area contributed by atoms with Gasteiger partial charge in [-0.2, -0.15) is 5.10 Å². The van der Waals surface area contributed by atoms with Gasteiger partial charge >= 0.3 is 0 Å². The fourth-order valence-electron chi connectivity index (χ4n) is 1.84. The first-order chi connectivity index (χ1) is 6.88. The summed E-state index contributed by atoms with van der Waals surface area (Å²) >= 11 is 0. The van der Waals surface area contributed by atoms with E-state index < -0.39 is 0 Å². The van der Waals surface area contributed by atoms with Crippen LogP contribution < -0.4 is 5.73 Å². The quantitative estimate of drug-likeness (QED) is 0.779. The van der Waals surface area contributed by atoms with Crippen LogP contribution in [0.5, 0.6) is 0 Å². The molecule has 0 bridgehead atoms. The van der Waals surface area contributed by atoms with Crippen molar-refractivity contribution in [3.8, 4) is 0 Å². The third-order valence-electron chi connectivity index (χ3n) is 2.79. The molecule has 1 heterocycles. The highest BCUT2D eigenvalue weighted by molar-refractivity contribution is 5.79. The van der Waals surface area contributed by atoms with Crippen molar-refractivity contribution >= 4 is 10.9 Å². The fourth-order valence-corrected chi connectivity index (χ4v) is 1.84. The van der Waals surface area contributed by atoms with E-state index >= 15 is 0 Å². The maximum Gasteiger partial charge on any atom is 0.0685 e. The lowest BCUT2D eigenvalue weighted by Gasteiger charge is -2.00. The molecule has 0 atom stereocenters. The average molecular weight is 187 g/mol. The van der Waals surface area contributed by atoms with E-state index in [2.05, 4.69) is 28.0 Å². The van der Waals surface area contributed by atoms with Crippen LogP contribution in [-0.2, 0) is 6.54 Å². The van der Waals surface area contributed by atoms with E-state index in [1.807, 2.05) is 6.20 Å². The molecule has 1 aromatic carbocycles. The number of fused-ring (bicyclic) bond motifs is 1. The molecular weight excluding hydrogens is 174 g/mol. The first-order valence-electron chi connectivity index (χ1n) is 5.05. The van der Waals surface area contributed by atoms with Crippen LogP contribution in [0.2, 0.25) is 0 Å². The molecule has 2 aromatic rings. The Bertz CT molecular complexity index is 468. The van der Waals surface area contributed by atoms with Gasteiger partial charge in [-0.3, -0.25) is 4.68 Å². The second-order valence-corrected chi connectivity index (χ2v) is 3.92. The van der Waals surface area contributed by atoms with Gasteiger partial charge < -0.3 is 5.73 Å². The summed E-state index contributed by atoms with van der Waals surface area (Å²) in [6.45, 7) is 0.602. The molecule has 3 rings (SSSR count). The molecule has 1 saturated carbocycles. The second-order valence-electron chi connectivity index (χ2n) is 3.92. The molecule has 2 N–H and O–H groups in total. The summed E-state index contributed by atoms with van der Waals surface area (Å²) in [4.78, 5) is 0. The minimum absolute atomic E-state index is 0.602. The standard InChI is InChI=1S/C11H13N3/c12-6-8-1-4-11-9(5-8)7-13-14(11)10-2-3-10/h1,4-5,7,10H,2-3,6,12H2. The largest absolute Gasteiger partial charge is 0.326 e. The minimum Gasteiger partial charge on any atom is -0.326 e. The van der Waals surface area contributed by atoms with Crippen molar-refractivity contribution in [3.05, 3.63) is 30.0 Å². The van der Waals surface area contributed by atoms with Gasteiger partial charge in [0.1, 0.15) is 0 Å². The van der Waals surface area contributed by atoms with Crippen LogP contribution in [0.1, 0.15) is 24.4 Å². The van der Waals surface area contributed by atoms with Crippen LogP contribution in [0.15, 0.2) is 24.4 Å².